The van der Waals surface area contributed by atoms with Crippen molar-refractivity contribution in [2.45, 2.75) is 32.5 Å². The van der Waals surface area contributed by atoms with Crippen LogP contribution in [0.3, 0.4) is 0 Å². The molecule has 0 saturated carbocycles. The van der Waals surface area contributed by atoms with Crippen LogP contribution in [0.5, 0.6) is 0 Å². The fourth-order valence-corrected chi connectivity index (χ4v) is 5.13. The van der Waals surface area contributed by atoms with Gasteiger partial charge >= 0.3 is 0 Å². The molecule has 4 aromatic rings. The number of hydrogen-bond donors (Lipinski definition) is 1. The van der Waals surface area contributed by atoms with E-state index in [1.54, 1.807) is 0 Å². The molecule has 0 aliphatic carbocycles. The second-order valence-electron chi connectivity index (χ2n) is 9.15. The summed E-state index contributed by atoms with van der Waals surface area (Å²) in [6, 6.07) is 24.3. The van der Waals surface area contributed by atoms with E-state index in [2.05, 4.69) is 61.0 Å². The van der Waals surface area contributed by atoms with Crippen molar-refractivity contribution in [3.05, 3.63) is 99.2 Å². The van der Waals surface area contributed by atoms with Gasteiger partial charge in [-0.05, 0) is 66.9 Å². The molecule has 1 saturated heterocycles. The van der Waals surface area contributed by atoms with Gasteiger partial charge in [-0.3, -0.25) is 9.69 Å². The van der Waals surface area contributed by atoms with Gasteiger partial charge in [0, 0.05) is 29.1 Å². The molecule has 1 amide bonds. The van der Waals surface area contributed by atoms with Gasteiger partial charge in [0.15, 0.2) is 0 Å². The van der Waals surface area contributed by atoms with Crippen LogP contribution < -0.4 is 5.32 Å². The summed E-state index contributed by atoms with van der Waals surface area (Å²) in [6.07, 6.45) is 1.93. The highest BCUT2D eigenvalue weighted by atomic mass is 79.9. The highest BCUT2D eigenvalue weighted by Gasteiger charge is 2.27. The summed E-state index contributed by atoms with van der Waals surface area (Å²) in [5.74, 6) is 1.15. The molecule has 35 heavy (non-hydrogen) atoms. The van der Waals surface area contributed by atoms with Gasteiger partial charge in [-0.15, -0.1) is 0 Å². The van der Waals surface area contributed by atoms with Gasteiger partial charge < -0.3 is 9.88 Å². The number of benzene rings is 3. The van der Waals surface area contributed by atoms with Gasteiger partial charge in [-0.1, -0.05) is 63.9 Å². The Morgan fingerprint density at radius 3 is 2.54 bits per heavy atom. The van der Waals surface area contributed by atoms with Crippen LogP contribution in [-0.2, 0) is 24.4 Å². The summed E-state index contributed by atoms with van der Waals surface area (Å²) >= 11 is 9.55. The molecule has 1 aliphatic rings. The highest BCUT2D eigenvalue weighted by Crippen LogP contribution is 2.23. The number of hydrogen-bond acceptors (Lipinski definition) is 3. The standard InChI is InChI=1S/C28H28BrClN4O/c29-23-11-7-20(8-12-23)16-31-28(35)22-4-3-15-33(18-22)19-27-32-25-5-1-2-6-26(25)34(27)17-21-9-13-24(30)14-10-21/h1-2,5-14,22H,3-4,15-19H2,(H,31,35)/t22-/m1/s1. The molecule has 0 bridgehead atoms. The number of nitrogens with one attached hydrogen (secondary N) is 1. The number of piperidine rings is 1. The maximum Gasteiger partial charge on any atom is 0.224 e. The Hall–Kier alpha value is -2.67. The third-order valence-electron chi connectivity index (χ3n) is 6.61. The molecule has 1 fully saturated rings. The van der Waals surface area contributed by atoms with Crippen molar-refractivity contribution in [2.75, 3.05) is 13.1 Å². The monoisotopic (exact) mass is 550 g/mol. The Morgan fingerprint density at radius 2 is 1.74 bits per heavy atom. The molecule has 0 spiro atoms. The smallest absolute Gasteiger partial charge is 0.224 e. The minimum Gasteiger partial charge on any atom is -0.352 e. The average Bonchev–Trinajstić information content (AvgIpc) is 3.21. The number of imidazole rings is 1. The first-order chi connectivity index (χ1) is 17.0. The largest absolute Gasteiger partial charge is 0.352 e. The summed E-state index contributed by atoms with van der Waals surface area (Å²) in [4.78, 5) is 20.3. The van der Waals surface area contributed by atoms with Crippen molar-refractivity contribution in [3.63, 3.8) is 0 Å². The van der Waals surface area contributed by atoms with Crippen LogP contribution in [0.4, 0.5) is 0 Å². The van der Waals surface area contributed by atoms with Crippen LogP contribution in [0.1, 0.15) is 29.8 Å². The van der Waals surface area contributed by atoms with E-state index in [1.165, 1.54) is 5.56 Å². The van der Waals surface area contributed by atoms with Crippen molar-refractivity contribution in [1.82, 2.24) is 19.8 Å². The molecule has 0 radical (unpaired) electrons. The third-order valence-corrected chi connectivity index (χ3v) is 7.39. The third kappa shape index (κ3) is 5.95. The van der Waals surface area contributed by atoms with Gasteiger partial charge in [0.25, 0.3) is 0 Å². The second-order valence-corrected chi connectivity index (χ2v) is 10.5. The van der Waals surface area contributed by atoms with E-state index in [4.69, 9.17) is 16.6 Å². The van der Waals surface area contributed by atoms with Crippen LogP contribution in [0.15, 0.2) is 77.3 Å². The SMILES string of the molecule is O=C(NCc1ccc(Br)cc1)[C@@H]1CCCN(Cc2nc3ccccc3n2Cc2ccc(Cl)cc2)C1. The Balaban J connectivity index is 1.28. The molecular weight excluding hydrogens is 524 g/mol. The Morgan fingerprint density at radius 1 is 1.00 bits per heavy atom. The lowest BCUT2D eigenvalue weighted by atomic mass is 9.97. The minimum atomic E-state index is -0.00621. The predicted octanol–water partition coefficient (Wildman–Crippen LogP) is 6.03. The van der Waals surface area contributed by atoms with Gasteiger partial charge in [0.1, 0.15) is 5.82 Å². The van der Waals surface area contributed by atoms with E-state index in [9.17, 15) is 4.79 Å². The number of likely N-dealkylation sites (tertiary alicyclic amines) is 1. The molecule has 2 heterocycles. The maximum absolute atomic E-state index is 12.9. The number of para-hydroxylation sites is 2. The minimum absolute atomic E-state index is 0.00621. The molecular formula is C28H28BrClN4O. The molecule has 7 heteroatoms. The zero-order valence-electron chi connectivity index (χ0n) is 19.5. The lowest BCUT2D eigenvalue weighted by molar-refractivity contribution is -0.127. The summed E-state index contributed by atoms with van der Waals surface area (Å²) in [5, 5.41) is 3.87. The van der Waals surface area contributed by atoms with Crippen molar-refractivity contribution in [2.24, 2.45) is 5.92 Å². The lowest BCUT2D eigenvalue weighted by Crippen LogP contribution is -2.42. The van der Waals surface area contributed by atoms with Gasteiger partial charge in [-0.25, -0.2) is 4.98 Å². The first-order valence-corrected chi connectivity index (χ1v) is 13.2. The zero-order valence-corrected chi connectivity index (χ0v) is 21.8. The molecule has 1 aliphatic heterocycles. The summed E-state index contributed by atoms with van der Waals surface area (Å²) in [5.41, 5.74) is 4.41. The lowest BCUT2D eigenvalue weighted by Gasteiger charge is -2.31. The zero-order chi connectivity index (χ0) is 24.2. The number of fused-ring (bicyclic) bond motifs is 1. The van der Waals surface area contributed by atoms with Crippen LogP contribution in [0.2, 0.25) is 5.02 Å². The molecule has 1 atom stereocenters. The van der Waals surface area contributed by atoms with Gasteiger partial charge in [0.05, 0.1) is 23.5 Å². The van der Waals surface area contributed by atoms with E-state index in [1.807, 2.05) is 42.5 Å². The highest BCUT2D eigenvalue weighted by molar-refractivity contribution is 9.10. The number of rotatable bonds is 7. The second kappa shape index (κ2) is 10.9. The molecule has 5 rings (SSSR count). The van der Waals surface area contributed by atoms with Crippen molar-refractivity contribution in [3.8, 4) is 0 Å². The molecule has 1 N–H and O–H groups in total. The van der Waals surface area contributed by atoms with Crippen LogP contribution >= 0.6 is 27.5 Å². The van der Waals surface area contributed by atoms with Crippen molar-refractivity contribution < 1.29 is 4.79 Å². The topological polar surface area (TPSA) is 50.2 Å². The Labute approximate surface area is 219 Å². The molecule has 5 nitrogen and oxygen atoms in total. The maximum atomic E-state index is 12.9. The summed E-state index contributed by atoms with van der Waals surface area (Å²) in [7, 11) is 0. The van der Waals surface area contributed by atoms with Crippen molar-refractivity contribution in [1.29, 1.82) is 0 Å². The van der Waals surface area contributed by atoms with Gasteiger partial charge in [-0.2, -0.15) is 0 Å². The molecule has 1 aromatic heterocycles. The number of halogens is 2. The van der Waals surface area contributed by atoms with Crippen LogP contribution in [-0.4, -0.2) is 33.4 Å². The number of amides is 1. The first kappa shape index (κ1) is 24.0. The van der Waals surface area contributed by atoms with E-state index < -0.39 is 0 Å². The van der Waals surface area contributed by atoms with E-state index in [0.717, 1.165) is 70.9 Å². The van der Waals surface area contributed by atoms with Gasteiger partial charge in [0.2, 0.25) is 5.91 Å². The Bertz CT molecular complexity index is 1300. The van der Waals surface area contributed by atoms with E-state index in [-0.39, 0.29) is 11.8 Å². The first-order valence-electron chi connectivity index (χ1n) is 12.0. The number of nitrogens with zero attached hydrogens (tertiary/aromatic N) is 3. The van der Waals surface area contributed by atoms with E-state index in [0.29, 0.717) is 6.54 Å². The fourth-order valence-electron chi connectivity index (χ4n) is 4.74. The quantitative estimate of drug-likeness (QED) is 0.305. The summed E-state index contributed by atoms with van der Waals surface area (Å²) in [6.45, 7) is 3.73. The van der Waals surface area contributed by atoms with Crippen LogP contribution in [0.25, 0.3) is 11.0 Å². The molecule has 3 aromatic carbocycles. The molecule has 180 valence electrons. The van der Waals surface area contributed by atoms with E-state index >= 15 is 0 Å². The normalized spacial score (nSPS) is 16.5. The number of aromatic nitrogens is 2. The average molecular weight is 552 g/mol. The number of carbonyl (C=O) groups excluding carboxylic acids is 1. The van der Waals surface area contributed by atoms with Crippen molar-refractivity contribution >= 4 is 44.5 Å². The predicted molar refractivity (Wildman–Crippen MR) is 144 cm³/mol. The fraction of sp³-hybridized carbons (Fsp3) is 0.286. The number of carbonyl (C=O) groups is 1. The van der Waals surface area contributed by atoms with Crippen LogP contribution in [0, 0.1) is 5.92 Å². The summed E-state index contributed by atoms with van der Waals surface area (Å²) < 4.78 is 3.33. The Kier molecular flexibility index (Phi) is 7.51. The molecule has 0 unspecified atom stereocenters.